The molecular weight excluding hydrogens is 200 g/mol. The van der Waals surface area contributed by atoms with Gasteiger partial charge >= 0.3 is 0 Å². The molecule has 3 N–H and O–H groups in total. The summed E-state index contributed by atoms with van der Waals surface area (Å²) >= 11 is 0. The van der Waals surface area contributed by atoms with Crippen molar-refractivity contribution in [2.45, 2.75) is 13.3 Å². The number of nitrogens with zero attached hydrogens (tertiary/aromatic N) is 2. The molecule has 0 aliphatic rings. The molecule has 0 fully saturated rings. The maximum Gasteiger partial charge on any atom is 0.142 e. The number of hydrogen-bond donors (Lipinski definition) is 2. The standard InChI is InChI=1S/C12H20N4/c1-4-8-14-12(15-13)10-6-5-7-11(9-10)16(2)3/h5-7,9H,4,8,13H2,1-3H3,(H,14,15). The second-order valence-corrected chi connectivity index (χ2v) is 3.82. The van der Waals surface area contributed by atoms with Gasteiger partial charge in [-0.25, -0.2) is 5.84 Å². The molecule has 16 heavy (non-hydrogen) atoms. The Morgan fingerprint density at radius 3 is 2.75 bits per heavy atom. The summed E-state index contributed by atoms with van der Waals surface area (Å²) in [7, 11) is 4.02. The molecule has 0 radical (unpaired) electrons. The van der Waals surface area contributed by atoms with Crippen LogP contribution in [0.1, 0.15) is 18.9 Å². The number of aliphatic imine (C=N–C) groups is 1. The van der Waals surface area contributed by atoms with Crippen molar-refractivity contribution in [1.29, 1.82) is 0 Å². The van der Waals surface area contributed by atoms with Gasteiger partial charge in [-0.2, -0.15) is 0 Å². The van der Waals surface area contributed by atoms with E-state index in [0.29, 0.717) is 0 Å². The van der Waals surface area contributed by atoms with E-state index in [4.69, 9.17) is 5.84 Å². The fourth-order valence-corrected chi connectivity index (χ4v) is 1.38. The molecular formula is C12H20N4. The Hall–Kier alpha value is -1.55. The molecule has 0 aliphatic carbocycles. The van der Waals surface area contributed by atoms with Crippen LogP contribution in [0.15, 0.2) is 29.3 Å². The monoisotopic (exact) mass is 220 g/mol. The summed E-state index contributed by atoms with van der Waals surface area (Å²) in [5.74, 6) is 6.22. The van der Waals surface area contributed by atoms with Gasteiger partial charge in [0.2, 0.25) is 0 Å². The first kappa shape index (κ1) is 12.5. The van der Waals surface area contributed by atoms with Gasteiger partial charge in [0, 0.05) is 31.9 Å². The van der Waals surface area contributed by atoms with Crippen LogP contribution >= 0.6 is 0 Å². The zero-order valence-electron chi connectivity index (χ0n) is 10.2. The molecule has 0 aliphatic heterocycles. The molecule has 0 amide bonds. The molecule has 0 saturated heterocycles. The van der Waals surface area contributed by atoms with Crippen molar-refractivity contribution >= 4 is 11.5 Å². The molecule has 1 aromatic rings. The maximum atomic E-state index is 5.48. The summed E-state index contributed by atoms with van der Waals surface area (Å²) in [6.45, 7) is 2.87. The second kappa shape index (κ2) is 6.12. The van der Waals surface area contributed by atoms with Gasteiger partial charge in [-0.05, 0) is 18.6 Å². The first-order valence-electron chi connectivity index (χ1n) is 5.48. The lowest BCUT2D eigenvalue weighted by Gasteiger charge is -2.14. The lowest BCUT2D eigenvalue weighted by Crippen LogP contribution is -2.31. The zero-order valence-corrected chi connectivity index (χ0v) is 10.2. The quantitative estimate of drug-likeness (QED) is 0.349. The molecule has 0 unspecified atom stereocenters. The maximum absolute atomic E-state index is 5.48. The minimum atomic E-state index is 0.741. The molecule has 0 spiro atoms. The van der Waals surface area contributed by atoms with E-state index in [1.54, 1.807) is 0 Å². The number of benzene rings is 1. The highest BCUT2D eigenvalue weighted by Crippen LogP contribution is 2.13. The van der Waals surface area contributed by atoms with E-state index < -0.39 is 0 Å². The fraction of sp³-hybridized carbons (Fsp3) is 0.417. The highest BCUT2D eigenvalue weighted by molar-refractivity contribution is 5.99. The van der Waals surface area contributed by atoms with Crippen molar-refractivity contribution in [3.63, 3.8) is 0 Å². The van der Waals surface area contributed by atoms with Crippen LogP contribution in [-0.2, 0) is 0 Å². The Morgan fingerprint density at radius 2 is 2.19 bits per heavy atom. The first-order chi connectivity index (χ1) is 7.69. The Balaban J connectivity index is 2.97. The summed E-state index contributed by atoms with van der Waals surface area (Å²) in [5.41, 5.74) is 4.80. The van der Waals surface area contributed by atoms with Gasteiger partial charge in [0.15, 0.2) is 0 Å². The lowest BCUT2D eigenvalue weighted by atomic mass is 10.2. The minimum Gasteiger partial charge on any atom is -0.378 e. The summed E-state index contributed by atoms with van der Waals surface area (Å²) in [6, 6.07) is 8.12. The number of rotatable bonds is 4. The van der Waals surface area contributed by atoms with Gasteiger partial charge in [0.05, 0.1) is 0 Å². The van der Waals surface area contributed by atoms with Crippen molar-refractivity contribution in [3.8, 4) is 0 Å². The Kier molecular flexibility index (Phi) is 4.79. The third-order valence-electron chi connectivity index (χ3n) is 2.27. The third kappa shape index (κ3) is 3.24. The SMILES string of the molecule is CCCN=C(NN)c1cccc(N(C)C)c1. The predicted octanol–water partition coefficient (Wildman–Crippen LogP) is 1.37. The summed E-state index contributed by atoms with van der Waals surface area (Å²) in [5, 5.41) is 0. The molecule has 0 atom stereocenters. The molecule has 0 aromatic heterocycles. The van der Waals surface area contributed by atoms with Crippen molar-refractivity contribution < 1.29 is 0 Å². The smallest absolute Gasteiger partial charge is 0.142 e. The van der Waals surface area contributed by atoms with E-state index in [1.165, 1.54) is 0 Å². The zero-order chi connectivity index (χ0) is 12.0. The predicted molar refractivity (Wildman–Crippen MR) is 69.8 cm³/mol. The van der Waals surface area contributed by atoms with E-state index in [9.17, 15) is 0 Å². The van der Waals surface area contributed by atoms with Crippen LogP contribution < -0.4 is 16.2 Å². The molecule has 4 nitrogen and oxygen atoms in total. The van der Waals surface area contributed by atoms with E-state index in [-0.39, 0.29) is 0 Å². The number of anilines is 1. The largest absolute Gasteiger partial charge is 0.378 e. The van der Waals surface area contributed by atoms with Crippen LogP contribution in [0.2, 0.25) is 0 Å². The van der Waals surface area contributed by atoms with Gasteiger partial charge in [-0.15, -0.1) is 0 Å². The van der Waals surface area contributed by atoms with Crippen LogP contribution in [0.5, 0.6) is 0 Å². The molecule has 0 bridgehead atoms. The average molecular weight is 220 g/mol. The fourth-order valence-electron chi connectivity index (χ4n) is 1.38. The number of hydrogen-bond acceptors (Lipinski definition) is 3. The van der Waals surface area contributed by atoms with E-state index in [1.807, 2.05) is 26.2 Å². The third-order valence-corrected chi connectivity index (χ3v) is 2.27. The lowest BCUT2D eigenvalue weighted by molar-refractivity contribution is 0.907. The molecule has 88 valence electrons. The summed E-state index contributed by atoms with van der Waals surface area (Å²) in [4.78, 5) is 6.45. The number of nitrogens with one attached hydrogen (secondary N) is 1. The van der Waals surface area contributed by atoms with Crippen LogP contribution in [0.25, 0.3) is 0 Å². The van der Waals surface area contributed by atoms with Crippen LogP contribution in [0.3, 0.4) is 0 Å². The van der Waals surface area contributed by atoms with Gasteiger partial charge in [-0.1, -0.05) is 19.1 Å². The van der Waals surface area contributed by atoms with Crippen LogP contribution in [-0.4, -0.2) is 26.5 Å². The van der Waals surface area contributed by atoms with Gasteiger partial charge in [0.1, 0.15) is 5.84 Å². The Labute approximate surface area is 97.1 Å². The van der Waals surface area contributed by atoms with Crippen LogP contribution in [0.4, 0.5) is 5.69 Å². The number of hydrazine groups is 1. The summed E-state index contributed by atoms with van der Waals surface area (Å²) in [6.07, 6.45) is 1.01. The Bertz CT molecular complexity index is 358. The highest BCUT2D eigenvalue weighted by Gasteiger charge is 2.03. The number of nitrogens with two attached hydrogens (primary N) is 1. The van der Waals surface area contributed by atoms with Gasteiger partial charge in [-0.3, -0.25) is 4.99 Å². The van der Waals surface area contributed by atoms with Crippen molar-refractivity contribution in [3.05, 3.63) is 29.8 Å². The highest BCUT2D eigenvalue weighted by atomic mass is 15.2. The number of amidine groups is 1. The van der Waals surface area contributed by atoms with Crippen molar-refractivity contribution in [1.82, 2.24) is 5.43 Å². The first-order valence-corrected chi connectivity index (χ1v) is 5.48. The minimum absolute atomic E-state index is 0.741. The van der Waals surface area contributed by atoms with Crippen molar-refractivity contribution in [2.75, 3.05) is 25.5 Å². The van der Waals surface area contributed by atoms with E-state index in [0.717, 1.165) is 30.1 Å². The van der Waals surface area contributed by atoms with Gasteiger partial charge in [0.25, 0.3) is 0 Å². The molecule has 0 saturated carbocycles. The molecule has 0 heterocycles. The molecule has 1 aromatic carbocycles. The van der Waals surface area contributed by atoms with E-state index >= 15 is 0 Å². The topological polar surface area (TPSA) is 53.6 Å². The molecule has 1 rings (SSSR count). The normalized spacial score (nSPS) is 11.4. The average Bonchev–Trinajstić information content (AvgIpc) is 2.30. The van der Waals surface area contributed by atoms with E-state index in [2.05, 4.69) is 34.4 Å². The van der Waals surface area contributed by atoms with Crippen molar-refractivity contribution in [2.24, 2.45) is 10.8 Å². The summed E-state index contributed by atoms with van der Waals surface area (Å²) < 4.78 is 0. The molecule has 4 heteroatoms. The van der Waals surface area contributed by atoms with Crippen LogP contribution in [0, 0.1) is 0 Å². The second-order valence-electron chi connectivity index (χ2n) is 3.82. The Morgan fingerprint density at radius 1 is 1.44 bits per heavy atom. The van der Waals surface area contributed by atoms with Gasteiger partial charge < -0.3 is 10.3 Å².